The first-order valence-electron chi connectivity index (χ1n) is 7.02. The summed E-state index contributed by atoms with van der Waals surface area (Å²) in [6, 6.07) is 6.12. The van der Waals surface area contributed by atoms with Crippen molar-refractivity contribution in [3.8, 4) is 5.75 Å². The molecule has 0 saturated heterocycles. The molecule has 1 atom stereocenters. The van der Waals surface area contributed by atoms with Gasteiger partial charge in [-0.05, 0) is 52.4 Å². The topological polar surface area (TPSA) is 38.3 Å². The summed E-state index contributed by atoms with van der Waals surface area (Å²) in [4.78, 5) is 11.8. The van der Waals surface area contributed by atoms with Crippen LogP contribution in [0.25, 0.3) is 0 Å². The van der Waals surface area contributed by atoms with Crippen molar-refractivity contribution in [2.45, 2.75) is 46.6 Å². The van der Waals surface area contributed by atoms with E-state index in [2.05, 4.69) is 48.9 Å². The zero-order valence-corrected chi connectivity index (χ0v) is 14.5. The van der Waals surface area contributed by atoms with Crippen molar-refractivity contribution < 1.29 is 9.53 Å². The molecule has 0 heterocycles. The quantitative estimate of drug-likeness (QED) is 0.845. The van der Waals surface area contributed by atoms with Gasteiger partial charge in [-0.15, -0.1) is 0 Å². The highest BCUT2D eigenvalue weighted by atomic mass is 79.9. The number of halogens is 1. The van der Waals surface area contributed by atoms with E-state index in [9.17, 15) is 4.79 Å². The fraction of sp³-hybridized carbons (Fsp3) is 0.562. The number of hydrogen-bond donors (Lipinski definition) is 1. The molecule has 0 fully saturated rings. The van der Waals surface area contributed by atoms with E-state index in [1.807, 2.05) is 25.1 Å². The molecule has 0 radical (unpaired) electrons. The lowest BCUT2D eigenvalue weighted by Crippen LogP contribution is -2.38. The van der Waals surface area contributed by atoms with Crippen LogP contribution in [0.2, 0.25) is 0 Å². The summed E-state index contributed by atoms with van der Waals surface area (Å²) in [6.45, 7) is 10.5. The van der Waals surface area contributed by atoms with Crippen LogP contribution < -0.4 is 10.1 Å². The standard InChI is InChI=1S/C16H24BrNO2/c1-10(2)12(5)18-16(19)9-20-15-7-6-13(11(3)4)8-14(15)17/h6-8,10-12H,9H2,1-5H3,(H,18,19)/t12-/m1/s1. The molecule has 0 spiro atoms. The van der Waals surface area contributed by atoms with Crippen LogP contribution in [0.4, 0.5) is 0 Å². The van der Waals surface area contributed by atoms with Crippen LogP contribution in [0.15, 0.2) is 22.7 Å². The fourth-order valence-corrected chi connectivity index (χ4v) is 2.11. The molecular weight excluding hydrogens is 318 g/mol. The Labute approximate surface area is 130 Å². The number of nitrogens with one attached hydrogen (secondary N) is 1. The highest BCUT2D eigenvalue weighted by molar-refractivity contribution is 9.10. The molecule has 0 aromatic heterocycles. The van der Waals surface area contributed by atoms with E-state index in [-0.39, 0.29) is 18.6 Å². The van der Waals surface area contributed by atoms with Crippen molar-refractivity contribution in [2.75, 3.05) is 6.61 Å². The second kappa shape index (κ2) is 7.67. The number of amides is 1. The molecule has 0 saturated carbocycles. The molecular formula is C16H24BrNO2. The first-order chi connectivity index (χ1) is 9.31. The molecule has 0 aliphatic heterocycles. The zero-order valence-electron chi connectivity index (χ0n) is 12.9. The van der Waals surface area contributed by atoms with Crippen molar-refractivity contribution in [1.29, 1.82) is 0 Å². The molecule has 1 rings (SSSR count). The predicted molar refractivity (Wildman–Crippen MR) is 86.2 cm³/mol. The highest BCUT2D eigenvalue weighted by Gasteiger charge is 2.12. The van der Waals surface area contributed by atoms with Gasteiger partial charge < -0.3 is 10.1 Å². The number of ether oxygens (including phenoxy) is 1. The van der Waals surface area contributed by atoms with Crippen molar-refractivity contribution in [3.63, 3.8) is 0 Å². The number of carbonyl (C=O) groups is 1. The highest BCUT2D eigenvalue weighted by Crippen LogP contribution is 2.28. The van der Waals surface area contributed by atoms with Gasteiger partial charge in [0.25, 0.3) is 5.91 Å². The average Bonchev–Trinajstić information content (AvgIpc) is 2.36. The van der Waals surface area contributed by atoms with E-state index >= 15 is 0 Å². The minimum absolute atomic E-state index is 0.0384. The Morgan fingerprint density at radius 2 is 1.90 bits per heavy atom. The molecule has 4 heteroatoms. The van der Waals surface area contributed by atoms with Crippen molar-refractivity contribution >= 4 is 21.8 Å². The summed E-state index contributed by atoms with van der Waals surface area (Å²) in [5.74, 6) is 1.49. The van der Waals surface area contributed by atoms with E-state index in [0.717, 1.165) is 4.47 Å². The zero-order chi connectivity index (χ0) is 15.3. The Morgan fingerprint density at radius 1 is 1.25 bits per heavy atom. The van der Waals surface area contributed by atoms with Gasteiger partial charge in [0, 0.05) is 6.04 Å². The van der Waals surface area contributed by atoms with Crippen molar-refractivity contribution in [1.82, 2.24) is 5.32 Å². The molecule has 1 amide bonds. The number of carbonyl (C=O) groups excluding carboxylic acids is 1. The third-order valence-corrected chi connectivity index (χ3v) is 3.99. The fourth-order valence-electron chi connectivity index (χ4n) is 1.60. The van der Waals surface area contributed by atoms with Crippen LogP contribution in [0.5, 0.6) is 5.75 Å². The molecule has 1 aromatic rings. The Morgan fingerprint density at radius 3 is 2.40 bits per heavy atom. The molecule has 0 unspecified atom stereocenters. The summed E-state index contributed by atoms with van der Waals surface area (Å²) in [5, 5.41) is 2.92. The van der Waals surface area contributed by atoms with E-state index in [4.69, 9.17) is 4.74 Å². The molecule has 20 heavy (non-hydrogen) atoms. The van der Waals surface area contributed by atoms with Crippen LogP contribution in [0, 0.1) is 5.92 Å². The second-order valence-electron chi connectivity index (χ2n) is 5.73. The van der Waals surface area contributed by atoms with Gasteiger partial charge in [0.2, 0.25) is 0 Å². The Kier molecular flexibility index (Phi) is 6.53. The van der Waals surface area contributed by atoms with Gasteiger partial charge in [-0.25, -0.2) is 0 Å². The summed E-state index contributed by atoms with van der Waals surface area (Å²) >= 11 is 3.48. The van der Waals surface area contributed by atoms with Crippen molar-refractivity contribution in [2.24, 2.45) is 5.92 Å². The lowest BCUT2D eigenvalue weighted by Gasteiger charge is -2.18. The van der Waals surface area contributed by atoms with E-state index < -0.39 is 0 Å². The van der Waals surface area contributed by atoms with Gasteiger partial charge >= 0.3 is 0 Å². The lowest BCUT2D eigenvalue weighted by molar-refractivity contribution is -0.124. The summed E-state index contributed by atoms with van der Waals surface area (Å²) in [5.41, 5.74) is 1.24. The van der Waals surface area contributed by atoms with Crippen LogP contribution >= 0.6 is 15.9 Å². The van der Waals surface area contributed by atoms with Gasteiger partial charge in [0.15, 0.2) is 6.61 Å². The molecule has 112 valence electrons. The molecule has 1 aromatic carbocycles. The van der Waals surface area contributed by atoms with E-state index in [0.29, 0.717) is 17.6 Å². The summed E-state index contributed by atoms with van der Waals surface area (Å²) in [6.07, 6.45) is 0. The minimum Gasteiger partial charge on any atom is -0.483 e. The third-order valence-electron chi connectivity index (χ3n) is 3.37. The number of benzene rings is 1. The minimum atomic E-state index is -0.0916. The predicted octanol–water partition coefficient (Wildman–Crippen LogP) is 4.11. The maximum absolute atomic E-state index is 11.8. The molecule has 3 nitrogen and oxygen atoms in total. The SMILES string of the molecule is CC(C)c1ccc(OCC(=O)N[C@H](C)C(C)C)c(Br)c1. The molecule has 0 aliphatic carbocycles. The van der Waals surface area contributed by atoms with E-state index in [1.54, 1.807) is 0 Å². The number of hydrogen-bond acceptors (Lipinski definition) is 2. The van der Waals surface area contributed by atoms with Crippen LogP contribution in [-0.4, -0.2) is 18.6 Å². The molecule has 0 aliphatic rings. The lowest BCUT2D eigenvalue weighted by atomic mass is 10.0. The van der Waals surface area contributed by atoms with Crippen LogP contribution in [0.3, 0.4) is 0 Å². The summed E-state index contributed by atoms with van der Waals surface area (Å²) in [7, 11) is 0. The van der Waals surface area contributed by atoms with Crippen LogP contribution in [-0.2, 0) is 4.79 Å². The van der Waals surface area contributed by atoms with Gasteiger partial charge in [-0.1, -0.05) is 33.8 Å². The first-order valence-corrected chi connectivity index (χ1v) is 7.82. The smallest absolute Gasteiger partial charge is 0.258 e. The third kappa shape index (κ3) is 5.16. The monoisotopic (exact) mass is 341 g/mol. The van der Waals surface area contributed by atoms with E-state index in [1.165, 1.54) is 5.56 Å². The second-order valence-corrected chi connectivity index (χ2v) is 6.59. The normalized spacial score (nSPS) is 12.6. The molecule has 0 bridgehead atoms. The largest absolute Gasteiger partial charge is 0.483 e. The first kappa shape index (κ1) is 17.0. The van der Waals surface area contributed by atoms with Gasteiger partial charge in [-0.2, -0.15) is 0 Å². The van der Waals surface area contributed by atoms with Gasteiger partial charge in [0.1, 0.15) is 5.75 Å². The Bertz CT molecular complexity index is 458. The van der Waals surface area contributed by atoms with Gasteiger partial charge in [-0.3, -0.25) is 4.79 Å². The summed E-state index contributed by atoms with van der Waals surface area (Å²) < 4.78 is 6.44. The Balaban J connectivity index is 2.56. The number of rotatable bonds is 6. The Hall–Kier alpha value is -1.03. The van der Waals surface area contributed by atoms with Gasteiger partial charge in [0.05, 0.1) is 4.47 Å². The van der Waals surface area contributed by atoms with Crippen LogP contribution in [0.1, 0.15) is 46.1 Å². The maximum Gasteiger partial charge on any atom is 0.258 e. The molecule has 1 N–H and O–H groups in total. The average molecular weight is 342 g/mol. The maximum atomic E-state index is 11.8. The van der Waals surface area contributed by atoms with Crippen molar-refractivity contribution in [3.05, 3.63) is 28.2 Å².